The molecule has 0 aromatic carbocycles. The standard InChI is InChI=1S/C27H44N4O3/c1-21-6-5-9-24(16-21)31-11-10-27(19-28,20-31)29-26(33)23(17-22-7-3-2-4-8-22)18-25(32)30-12-14-34-15-13-30/h21-24H,2-18,20H2,1H3,(H,29,33). The Labute approximate surface area is 205 Å². The van der Waals surface area contributed by atoms with Gasteiger partial charge in [0.05, 0.1) is 19.3 Å². The van der Waals surface area contributed by atoms with Crippen LogP contribution in [0, 0.1) is 29.1 Å². The Balaban J connectivity index is 1.40. The summed E-state index contributed by atoms with van der Waals surface area (Å²) in [4.78, 5) is 30.9. The lowest BCUT2D eigenvalue weighted by Crippen LogP contribution is -2.53. The average Bonchev–Trinajstić information content (AvgIpc) is 3.29. The summed E-state index contributed by atoms with van der Waals surface area (Å²) in [5.74, 6) is 0.842. The zero-order valence-corrected chi connectivity index (χ0v) is 21.1. The number of hydrogen-bond donors (Lipinski definition) is 1. The second-order valence-electron chi connectivity index (χ2n) is 11.5. The molecule has 0 spiro atoms. The molecule has 2 saturated heterocycles. The zero-order chi connectivity index (χ0) is 24.0. The number of amides is 2. The largest absolute Gasteiger partial charge is 0.378 e. The highest BCUT2D eigenvalue weighted by Crippen LogP contribution is 2.34. The maximum Gasteiger partial charge on any atom is 0.224 e. The van der Waals surface area contributed by atoms with Gasteiger partial charge in [0.2, 0.25) is 11.8 Å². The molecule has 190 valence electrons. The third kappa shape index (κ3) is 6.51. The summed E-state index contributed by atoms with van der Waals surface area (Å²) in [6, 6.07) is 3.00. The summed E-state index contributed by atoms with van der Waals surface area (Å²) in [6.07, 6.45) is 12.6. The molecule has 2 amide bonds. The van der Waals surface area contributed by atoms with E-state index in [0.717, 1.165) is 31.7 Å². The summed E-state index contributed by atoms with van der Waals surface area (Å²) < 4.78 is 5.39. The minimum Gasteiger partial charge on any atom is -0.378 e. The Morgan fingerprint density at radius 2 is 1.85 bits per heavy atom. The van der Waals surface area contributed by atoms with E-state index in [1.165, 1.54) is 44.9 Å². The number of nitrogens with one attached hydrogen (secondary N) is 1. The predicted molar refractivity (Wildman–Crippen MR) is 131 cm³/mol. The van der Waals surface area contributed by atoms with Gasteiger partial charge in [-0.3, -0.25) is 14.5 Å². The minimum atomic E-state index is -0.829. The maximum atomic E-state index is 13.6. The molecule has 0 aromatic heterocycles. The van der Waals surface area contributed by atoms with Gasteiger partial charge in [-0.05, 0) is 37.5 Å². The van der Waals surface area contributed by atoms with Gasteiger partial charge in [-0.15, -0.1) is 0 Å². The lowest BCUT2D eigenvalue weighted by molar-refractivity contribution is -0.140. The Morgan fingerprint density at radius 1 is 1.09 bits per heavy atom. The first-order valence-corrected chi connectivity index (χ1v) is 13.8. The first-order chi connectivity index (χ1) is 16.5. The van der Waals surface area contributed by atoms with E-state index in [0.29, 0.717) is 51.2 Å². The fourth-order valence-electron chi connectivity index (χ4n) is 6.70. The van der Waals surface area contributed by atoms with Crippen LogP contribution >= 0.6 is 0 Å². The van der Waals surface area contributed by atoms with Gasteiger partial charge in [-0.2, -0.15) is 5.26 Å². The molecule has 2 aliphatic heterocycles. The molecule has 4 rings (SSSR count). The Bertz CT molecular complexity index is 741. The second kappa shape index (κ2) is 11.9. The second-order valence-corrected chi connectivity index (χ2v) is 11.5. The normalized spacial score (nSPS) is 32.2. The first kappa shape index (κ1) is 25.4. The smallest absolute Gasteiger partial charge is 0.224 e. The van der Waals surface area contributed by atoms with Crippen LogP contribution in [-0.2, 0) is 14.3 Å². The number of nitrogens with zero attached hydrogens (tertiary/aromatic N) is 3. The summed E-state index contributed by atoms with van der Waals surface area (Å²) in [5.41, 5.74) is -0.829. The van der Waals surface area contributed by atoms with E-state index in [2.05, 4.69) is 23.2 Å². The van der Waals surface area contributed by atoms with Crippen LogP contribution in [-0.4, -0.2) is 72.6 Å². The SMILES string of the molecule is CC1CCCC(N2CCC(C#N)(NC(=O)C(CC(=O)N3CCOCC3)CC3CCCCC3)C2)C1. The Hall–Kier alpha value is -1.65. The van der Waals surface area contributed by atoms with Gasteiger partial charge in [0.15, 0.2) is 0 Å². The predicted octanol–water partition coefficient (Wildman–Crippen LogP) is 3.48. The number of ether oxygens (including phenoxy) is 1. The fraction of sp³-hybridized carbons (Fsp3) is 0.889. The third-order valence-corrected chi connectivity index (χ3v) is 8.80. The number of carbonyl (C=O) groups is 2. The maximum absolute atomic E-state index is 13.6. The van der Waals surface area contributed by atoms with Gasteiger partial charge in [-0.25, -0.2) is 0 Å². The van der Waals surface area contributed by atoms with Crippen molar-refractivity contribution in [3.8, 4) is 6.07 Å². The van der Waals surface area contributed by atoms with Crippen molar-refractivity contribution < 1.29 is 14.3 Å². The molecule has 1 N–H and O–H groups in total. The molecule has 4 fully saturated rings. The topological polar surface area (TPSA) is 85.7 Å². The zero-order valence-electron chi connectivity index (χ0n) is 21.1. The molecule has 0 radical (unpaired) electrons. The highest BCUT2D eigenvalue weighted by Gasteiger charge is 2.44. The monoisotopic (exact) mass is 472 g/mol. The molecular formula is C27H44N4O3. The van der Waals surface area contributed by atoms with Crippen molar-refractivity contribution in [1.29, 1.82) is 5.26 Å². The Kier molecular flexibility index (Phi) is 8.87. The van der Waals surface area contributed by atoms with Crippen molar-refractivity contribution in [2.24, 2.45) is 17.8 Å². The van der Waals surface area contributed by atoms with Crippen molar-refractivity contribution in [1.82, 2.24) is 15.1 Å². The van der Waals surface area contributed by atoms with Crippen LogP contribution in [0.1, 0.15) is 84.0 Å². The molecule has 4 atom stereocenters. The highest BCUT2D eigenvalue weighted by atomic mass is 16.5. The van der Waals surface area contributed by atoms with E-state index in [4.69, 9.17) is 4.74 Å². The summed E-state index contributed by atoms with van der Waals surface area (Å²) in [5, 5.41) is 13.3. The molecule has 2 saturated carbocycles. The fourth-order valence-corrected chi connectivity index (χ4v) is 6.70. The first-order valence-electron chi connectivity index (χ1n) is 13.8. The molecule has 7 nitrogen and oxygen atoms in total. The van der Waals surface area contributed by atoms with Gasteiger partial charge in [0.25, 0.3) is 0 Å². The quantitative estimate of drug-likeness (QED) is 0.613. The van der Waals surface area contributed by atoms with E-state index in [1.54, 1.807) is 0 Å². The van der Waals surface area contributed by atoms with Gasteiger partial charge < -0.3 is 15.0 Å². The lowest BCUT2D eigenvalue weighted by atomic mass is 9.81. The van der Waals surface area contributed by atoms with Gasteiger partial charge >= 0.3 is 0 Å². The third-order valence-electron chi connectivity index (χ3n) is 8.80. The van der Waals surface area contributed by atoms with Crippen molar-refractivity contribution in [3.05, 3.63) is 0 Å². The summed E-state index contributed by atoms with van der Waals surface area (Å²) in [6.45, 7) is 6.14. The van der Waals surface area contributed by atoms with Crippen LogP contribution in [0.2, 0.25) is 0 Å². The molecule has 2 heterocycles. The van der Waals surface area contributed by atoms with E-state index in [9.17, 15) is 14.9 Å². The van der Waals surface area contributed by atoms with E-state index in [-0.39, 0.29) is 24.2 Å². The molecule has 7 heteroatoms. The minimum absolute atomic E-state index is 0.0505. The van der Waals surface area contributed by atoms with E-state index < -0.39 is 5.54 Å². The van der Waals surface area contributed by atoms with Gasteiger partial charge in [0.1, 0.15) is 5.54 Å². The van der Waals surface area contributed by atoms with E-state index >= 15 is 0 Å². The molecule has 4 aliphatic rings. The van der Waals surface area contributed by atoms with Crippen molar-refractivity contribution in [2.45, 2.75) is 95.6 Å². The van der Waals surface area contributed by atoms with Crippen LogP contribution in [0.25, 0.3) is 0 Å². The molecule has 0 aromatic rings. The summed E-state index contributed by atoms with van der Waals surface area (Å²) in [7, 11) is 0. The number of hydrogen-bond acceptors (Lipinski definition) is 5. The summed E-state index contributed by atoms with van der Waals surface area (Å²) >= 11 is 0. The van der Waals surface area contributed by atoms with Gasteiger partial charge in [-0.1, -0.05) is 51.9 Å². The average molecular weight is 473 g/mol. The molecular weight excluding hydrogens is 428 g/mol. The van der Waals surface area contributed by atoms with Crippen LogP contribution in [0.4, 0.5) is 0 Å². The van der Waals surface area contributed by atoms with Crippen LogP contribution in [0.15, 0.2) is 0 Å². The number of morpholine rings is 1. The molecule has 4 unspecified atom stereocenters. The molecule has 0 bridgehead atoms. The molecule has 2 aliphatic carbocycles. The number of nitriles is 1. The number of likely N-dealkylation sites (tertiary alicyclic amines) is 1. The van der Waals surface area contributed by atoms with Crippen LogP contribution in [0.3, 0.4) is 0 Å². The van der Waals surface area contributed by atoms with Crippen molar-refractivity contribution >= 4 is 11.8 Å². The van der Waals surface area contributed by atoms with Crippen LogP contribution < -0.4 is 5.32 Å². The van der Waals surface area contributed by atoms with Crippen LogP contribution in [0.5, 0.6) is 0 Å². The van der Waals surface area contributed by atoms with Gasteiger partial charge in [0, 0.05) is 44.6 Å². The molecule has 34 heavy (non-hydrogen) atoms. The van der Waals surface area contributed by atoms with Crippen molar-refractivity contribution in [3.63, 3.8) is 0 Å². The number of carbonyl (C=O) groups excluding carboxylic acids is 2. The lowest BCUT2D eigenvalue weighted by Gasteiger charge is -2.35. The number of rotatable bonds is 7. The van der Waals surface area contributed by atoms with E-state index in [1.807, 2.05) is 4.90 Å². The Morgan fingerprint density at radius 3 is 2.56 bits per heavy atom. The highest BCUT2D eigenvalue weighted by molar-refractivity contribution is 5.86. The van der Waals surface area contributed by atoms with Crippen molar-refractivity contribution in [2.75, 3.05) is 39.4 Å².